The Morgan fingerprint density at radius 3 is 2.14 bits per heavy atom. The molecule has 8 nitrogen and oxygen atoms in total. The summed E-state index contributed by atoms with van der Waals surface area (Å²) in [5.41, 5.74) is 0.848. The van der Waals surface area contributed by atoms with Crippen molar-refractivity contribution in [3.63, 3.8) is 0 Å². The van der Waals surface area contributed by atoms with Crippen LogP contribution in [0.25, 0.3) is 0 Å². The van der Waals surface area contributed by atoms with Crippen molar-refractivity contribution < 1.29 is 37.8 Å². The van der Waals surface area contributed by atoms with Gasteiger partial charge >= 0.3 is 0 Å². The number of aldehydes is 1. The first-order valence-electron chi connectivity index (χ1n) is 6.32. The van der Waals surface area contributed by atoms with E-state index in [1.165, 1.54) is 12.1 Å². The average Bonchev–Trinajstić information content (AvgIpc) is 2.50. The molecule has 0 aliphatic heterocycles. The van der Waals surface area contributed by atoms with Gasteiger partial charge in [-0.3, -0.25) is 4.18 Å². The molecule has 0 aliphatic carbocycles. The molecule has 4 atom stereocenters. The Labute approximate surface area is 127 Å². The Balaban J connectivity index is 2.68. The van der Waals surface area contributed by atoms with Gasteiger partial charge < -0.3 is 25.2 Å². The molecule has 0 radical (unpaired) electrons. The predicted octanol–water partition coefficient (Wildman–Crippen LogP) is -1.66. The minimum absolute atomic E-state index is 0.0233. The lowest BCUT2D eigenvalue weighted by Gasteiger charge is -2.23. The highest BCUT2D eigenvalue weighted by Gasteiger charge is 2.31. The Morgan fingerprint density at radius 1 is 1.09 bits per heavy atom. The molecule has 0 aromatic heterocycles. The zero-order valence-electron chi connectivity index (χ0n) is 11.7. The quantitative estimate of drug-likeness (QED) is 0.327. The van der Waals surface area contributed by atoms with Gasteiger partial charge in [0.25, 0.3) is 10.1 Å². The molecule has 0 unspecified atom stereocenters. The van der Waals surface area contributed by atoms with Gasteiger partial charge in [-0.2, -0.15) is 8.42 Å². The molecule has 1 aromatic rings. The fourth-order valence-electron chi connectivity index (χ4n) is 1.54. The van der Waals surface area contributed by atoms with E-state index in [4.69, 9.17) is 5.11 Å². The van der Waals surface area contributed by atoms with Crippen LogP contribution in [0, 0.1) is 6.92 Å². The number of benzene rings is 1. The SMILES string of the molecule is Cc1ccc(S(=O)(=O)OC[C@@H](O)[C@H](O)[C@@H](O)[C@H](O)C=O)cc1. The lowest BCUT2D eigenvalue weighted by Crippen LogP contribution is -2.46. The molecule has 0 saturated carbocycles. The summed E-state index contributed by atoms with van der Waals surface area (Å²) in [5, 5.41) is 37.4. The molecule has 0 spiro atoms. The van der Waals surface area contributed by atoms with Crippen molar-refractivity contribution >= 4 is 16.4 Å². The summed E-state index contributed by atoms with van der Waals surface area (Å²) >= 11 is 0. The van der Waals surface area contributed by atoms with Gasteiger partial charge in [-0.25, -0.2) is 0 Å². The van der Waals surface area contributed by atoms with E-state index in [2.05, 4.69) is 4.18 Å². The summed E-state index contributed by atoms with van der Waals surface area (Å²) in [6.07, 6.45) is -7.65. The van der Waals surface area contributed by atoms with Gasteiger partial charge in [0.2, 0.25) is 0 Å². The van der Waals surface area contributed by atoms with Gasteiger partial charge in [0.05, 0.1) is 11.5 Å². The van der Waals surface area contributed by atoms with E-state index in [-0.39, 0.29) is 11.2 Å². The topological polar surface area (TPSA) is 141 Å². The van der Waals surface area contributed by atoms with E-state index in [0.29, 0.717) is 0 Å². The minimum atomic E-state index is -4.14. The Hall–Kier alpha value is -1.36. The maximum atomic E-state index is 11.8. The third kappa shape index (κ3) is 4.83. The molecule has 0 saturated heterocycles. The molecule has 9 heteroatoms. The van der Waals surface area contributed by atoms with Crippen LogP contribution in [-0.4, -0.2) is 66.2 Å². The molecule has 0 bridgehead atoms. The van der Waals surface area contributed by atoms with E-state index in [9.17, 15) is 28.5 Å². The molecule has 124 valence electrons. The lowest BCUT2D eigenvalue weighted by atomic mass is 10.0. The second-order valence-electron chi connectivity index (χ2n) is 4.73. The molecule has 0 heterocycles. The van der Waals surface area contributed by atoms with Crippen LogP contribution in [0.1, 0.15) is 5.56 Å². The molecule has 0 amide bonds. The molecular formula is C13H18O8S. The van der Waals surface area contributed by atoms with E-state index >= 15 is 0 Å². The van der Waals surface area contributed by atoms with E-state index in [0.717, 1.165) is 5.56 Å². The van der Waals surface area contributed by atoms with Gasteiger partial charge in [0.15, 0.2) is 6.29 Å². The van der Waals surface area contributed by atoms with Crippen molar-refractivity contribution in [2.24, 2.45) is 0 Å². The molecule has 4 N–H and O–H groups in total. The van der Waals surface area contributed by atoms with Crippen molar-refractivity contribution in [3.05, 3.63) is 29.8 Å². The van der Waals surface area contributed by atoms with Crippen molar-refractivity contribution in [2.75, 3.05) is 6.61 Å². The summed E-state index contributed by atoms with van der Waals surface area (Å²) in [7, 11) is -4.14. The first kappa shape index (κ1) is 18.7. The highest BCUT2D eigenvalue weighted by molar-refractivity contribution is 7.86. The zero-order chi connectivity index (χ0) is 16.9. The fraction of sp³-hybridized carbons (Fsp3) is 0.462. The first-order chi connectivity index (χ1) is 10.2. The van der Waals surface area contributed by atoms with Crippen molar-refractivity contribution in [2.45, 2.75) is 36.2 Å². The average molecular weight is 334 g/mol. The number of carbonyl (C=O) groups is 1. The second kappa shape index (κ2) is 7.77. The van der Waals surface area contributed by atoms with Crippen LogP contribution >= 0.6 is 0 Å². The number of hydrogen-bond acceptors (Lipinski definition) is 8. The largest absolute Gasteiger partial charge is 0.388 e. The second-order valence-corrected chi connectivity index (χ2v) is 6.34. The molecule has 0 fully saturated rings. The van der Waals surface area contributed by atoms with Crippen LogP contribution in [0.2, 0.25) is 0 Å². The number of aliphatic hydroxyl groups excluding tert-OH is 4. The highest BCUT2D eigenvalue weighted by Crippen LogP contribution is 2.14. The van der Waals surface area contributed by atoms with Crippen LogP contribution in [-0.2, 0) is 19.1 Å². The first-order valence-corrected chi connectivity index (χ1v) is 7.73. The summed E-state index contributed by atoms with van der Waals surface area (Å²) in [6.45, 7) is 0.928. The third-order valence-corrected chi connectivity index (χ3v) is 4.23. The van der Waals surface area contributed by atoms with Crippen LogP contribution in [0.5, 0.6) is 0 Å². The number of carbonyl (C=O) groups excluding carboxylic acids is 1. The van der Waals surface area contributed by atoms with Crippen LogP contribution < -0.4 is 0 Å². The summed E-state index contributed by atoms with van der Waals surface area (Å²) in [5.74, 6) is 0. The predicted molar refractivity (Wildman–Crippen MR) is 74.4 cm³/mol. The van der Waals surface area contributed by atoms with E-state index < -0.39 is 41.1 Å². The van der Waals surface area contributed by atoms with E-state index in [1.54, 1.807) is 19.1 Å². The van der Waals surface area contributed by atoms with Crippen LogP contribution in [0.3, 0.4) is 0 Å². The van der Waals surface area contributed by atoms with Gasteiger partial charge in [-0.15, -0.1) is 0 Å². The highest BCUT2D eigenvalue weighted by atomic mass is 32.2. The third-order valence-electron chi connectivity index (χ3n) is 2.94. The van der Waals surface area contributed by atoms with Crippen LogP contribution in [0.15, 0.2) is 29.2 Å². The normalized spacial score (nSPS) is 17.5. The van der Waals surface area contributed by atoms with Crippen molar-refractivity contribution in [3.8, 4) is 0 Å². The zero-order valence-corrected chi connectivity index (χ0v) is 12.5. The molecule has 22 heavy (non-hydrogen) atoms. The number of aryl methyl sites for hydroxylation is 1. The summed E-state index contributed by atoms with van der Waals surface area (Å²) in [6, 6.07) is 5.76. The lowest BCUT2D eigenvalue weighted by molar-refractivity contribution is -0.135. The minimum Gasteiger partial charge on any atom is -0.388 e. The maximum absolute atomic E-state index is 11.8. The van der Waals surface area contributed by atoms with Crippen molar-refractivity contribution in [1.29, 1.82) is 0 Å². The standard InChI is InChI=1S/C13H18O8S/c1-8-2-4-9(5-3-8)22(19,20)21-7-11(16)13(18)12(17)10(15)6-14/h2-6,10-13,15-18H,7H2,1H3/t10-,11-,12+,13+/m1/s1. The van der Waals surface area contributed by atoms with Crippen molar-refractivity contribution in [1.82, 2.24) is 0 Å². The fourth-order valence-corrected chi connectivity index (χ4v) is 2.47. The maximum Gasteiger partial charge on any atom is 0.297 e. The van der Waals surface area contributed by atoms with Crippen LogP contribution in [0.4, 0.5) is 0 Å². The molecule has 0 aliphatic rings. The number of hydrogen-bond donors (Lipinski definition) is 4. The summed E-state index contributed by atoms with van der Waals surface area (Å²) in [4.78, 5) is 10.1. The van der Waals surface area contributed by atoms with Gasteiger partial charge in [0.1, 0.15) is 24.4 Å². The monoisotopic (exact) mass is 334 g/mol. The Morgan fingerprint density at radius 2 is 1.64 bits per heavy atom. The number of aliphatic hydroxyl groups is 4. The molecular weight excluding hydrogens is 316 g/mol. The summed E-state index contributed by atoms with van der Waals surface area (Å²) < 4.78 is 28.3. The Kier molecular flexibility index (Phi) is 6.60. The number of rotatable bonds is 8. The Bertz CT molecular complexity index is 583. The van der Waals surface area contributed by atoms with Gasteiger partial charge in [-0.05, 0) is 19.1 Å². The van der Waals surface area contributed by atoms with Gasteiger partial charge in [-0.1, -0.05) is 17.7 Å². The van der Waals surface area contributed by atoms with Gasteiger partial charge in [0, 0.05) is 0 Å². The van der Waals surface area contributed by atoms with E-state index in [1.807, 2.05) is 0 Å². The smallest absolute Gasteiger partial charge is 0.297 e. The molecule has 1 aromatic carbocycles. The molecule has 1 rings (SSSR count).